The van der Waals surface area contributed by atoms with E-state index in [1.165, 1.54) is 10.5 Å². The van der Waals surface area contributed by atoms with E-state index in [1.54, 1.807) is 6.92 Å². The third kappa shape index (κ3) is 4.94. The van der Waals surface area contributed by atoms with Crippen LogP contribution in [-0.2, 0) is 16.6 Å². The molecule has 1 fully saturated rings. The van der Waals surface area contributed by atoms with Crippen LogP contribution in [0.1, 0.15) is 48.7 Å². The molecule has 1 saturated heterocycles. The molecule has 4 heteroatoms. The maximum absolute atomic E-state index is 11.8. The first-order valence-electron chi connectivity index (χ1n) is 10.5. The SMILES string of the molecule is CC(=O)c1cccc(C2(C)CC[NH+](C[C@H](Cc3ccccc3)C(=O)[O-])C[C@@H]2C)c1. The lowest BCUT2D eigenvalue weighted by atomic mass is 9.67. The van der Waals surface area contributed by atoms with Crippen LogP contribution in [0.15, 0.2) is 54.6 Å². The van der Waals surface area contributed by atoms with Gasteiger partial charge in [-0.15, -0.1) is 0 Å². The first kappa shape index (κ1) is 21.3. The smallest absolute Gasteiger partial charge is 0.159 e. The highest BCUT2D eigenvalue weighted by molar-refractivity contribution is 5.94. The van der Waals surface area contributed by atoms with Crippen molar-refractivity contribution in [3.63, 3.8) is 0 Å². The van der Waals surface area contributed by atoms with Gasteiger partial charge >= 0.3 is 0 Å². The number of hydrogen-bond acceptors (Lipinski definition) is 3. The first-order valence-corrected chi connectivity index (χ1v) is 10.5. The van der Waals surface area contributed by atoms with Gasteiger partial charge in [0.05, 0.1) is 31.5 Å². The number of likely N-dealkylation sites (tertiary alicyclic amines) is 1. The van der Waals surface area contributed by atoms with Gasteiger partial charge in [-0.1, -0.05) is 62.4 Å². The van der Waals surface area contributed by atoms with E-state index >= 15 is 0 Å². The quantitative estimate of drug-likeness (QED) is 0.728. The molecule has 1 heterocycles. The predicted molar refractivity (Wildman–Crippen MR) is 112 cm³/mol. The highest BCUT2D eigenvalue weighted by atomic mass is 16.4. The van der Waals surface area contributed by atoms with Gasteiger partial charge in [-0.3, -0.25) is 4.79 Å². The molecule has 0 radical (unpaired) electrons. The van der Waals surface area contributed by atoms with E-state index in [-0.39, 0.29) is 11.2 Å². The fraction of sp³-hybridized carbons (Fsp3) is 0.440. The summed E-state index contributed by atoms with van der Waals surface area (Å²) in [5.41, 5.74) is 2.99. The molecule has 29 heavy (non-hydrogen) atoms. The van der Waals surface area contributed by atoms with E-state index < -0.39 is 11.9 Å². The number of carbonyl (C=O) groups excluding carboxylic acids is 2. The minimum Gasteiger partial charge on any atom is -0.550 e. The number of piperidine rings is 1. The summed E-state index contributed by atoms with van der Waals surface area (Å²) in [6, 6.07) is 17.8. The molecule has 3 rings (SSSR count). The number of nitrogens with one attached hydrogen (secondary N) is 1. The number of rotatable bonds is 7. The lowest BCUT2D eigenvalue weighted by Crippen LogP contribution is -3.15. The molecule has 1 aliphatic heterocycles. The summed E-state index contributed by atoms with van der Waals surface area (Å²) in [4.78, 5) is 24.9. The monoisotopic (exact) mass is 393 g/mol. The molecule has 1 N–H and O–H groups in total. The van der Waals surface area contributed by atoms with Gasteiger partial charge in [0.25, 0.3) is 0 Å². The highest BCUT2D eigenvalue weighted by Crippen LogP contribution is 2.36. The molecule has 0 spiro atoms. The average molecular weight is 394 g/mol. The van der Waals surface area contributed by atoms with Gasteiger partial charge in [-0.25, -0.2) is 0 Å². The van der Waals surface area contributed by atoms with Crippen LogP contribution >= 0.6 is 0 Å². The number of quaternary nitrogens is 1. The van der Waals surface area contributed by atoms with Crippen molar-refractivity contribution < 1.29 is 19.6 Å². The van der Waals surface area contributed by atoms with Crippen LogP contribution in [0.3, 0.4) is 0 Å². The van der Waals surface area contributed by atoms with E-state index in [2.05, 4.69) is 19.9 Å². The summed E-state index contributed by atoms with van der Waals surface area (Å²) in [6.07, 6.45) is 1.48. The number of ketones is 1. The van der Waals surface area contributed by atoms with Crippen molar-refractivity contribution >= 4 is 11.8 Å². The van der Waals surface area contributed by atoms with Crippen LogP contribution in [0.4, 0.5) is 0 Å². The zero-order chi connectivity index (χ0) is 21.0. The first-order chi connectivity index (χ1) is 13.8. The van der Waals surface area contributed by atoms with Crippen LogP contribution in [0.25, 0.3) is 0 Å². The Morgan fingerprint density at radius 2 is 1.90 bits per heavy atom. The Hall–Kier alpha value is -2.46. The molecular formula is C25H31NO3. The predicted octanol–water partition coefficient (Wildman–Crippen LogP) is 1.68. The van der Waals surface area contributed by atoms with E-state index in [0.717, 1.165) is 30.6 Å². The molecule has 0 saturated carbocycles. The minimum atomic E-state index is -0.962. The molecule has 2 unspecified atom stereocenters. The van der Waals surface area contributed by atoms with Crippen LogP contribution in [0.5, 0.6) is 0 Å². The van der Waals surface area contributed by atoms with Crippen molar-refractivity contribution in [3.8, 4) is 0 Å². The van der Waals surface area contributed by atoms with Gasteiger partial charge in [-0.05, 0) is 30.5 Å². The number of carbonyl (C=O) groups is 2. The molecule has 0 bridgehead atoms. The van der Waals surface area contributed by atoms with Crippen LogP contribution in [0.2, 0.25) is 0 Å². The fourth-order valence-electron chi connectivity index (χ4n) is 4.64. The zero-order valence-electron chi connectivity index (χ0n) is 17.6. The average Bonchev–Trinajstić information content (AvgIpc) is 2.71. The second-order valence-electron chi connectivity index (χ2n) is 8.82. The lowest BCUT2D eigenvalue weighted by molar-refractivity contribution is -0.913. The molecule has 4 atom stereocenters. The zero-order valence-corrected chi connectivity index (χ0v) is 17.6. The number of carboxylic acid groups (broad SMARTS) is 1. The van der Waals surface area contributed by atoms with E-state index in [4.69, 9.17) is 0 Å². The molecule has 0 aliphatic carbocycles. The second kappa shape index (κ2) is 8.91. The third-order valence-corrected chi connectivity index (χ3v) is 6.80. The molecular weight excluding hydrogens is 362 g/mol. The summed E-state index contributed by atoms with van der Waals surface area (Å²) >= 11 is 0. The lowest BCUT2D eigenvalue weighted by Gasteiger charge is -2.43. The Balaban J connectivity index is 1.69. The number of carboxylic acids is 1. The van der Waals surface area contributed by atoms with Crippen LogP contribution in [-0.4, -0.2) is 31.4 Å². The summed E-state index contributed by atoms with van der Waals surface area (Å²) in [6.45, 7) is 8.54. The van der Waals surface area contributed by atoms with Gasteiger partial charge < -0.3 is 14.8 Å². The van der Waals surface area contributed by atoms with Gasteiger partial charge in [0, 0.05) is 23.3 Å². The highest BCUT2D eigenvalue weighted by Gasteiger charge is 2.41. The summed E-state index contributed by atoms with van der Waals surface area (Å²) in [5, 5.41) is 11.8. The van der Waals surface area contributed by atoms with E-state index in [1.807, 2.05) is 48.5 Å². The Morgan fingerprint density at radius 1 is 1.17 bits per heavy atom. The van der Waals surface area contributed by atoms with Crippen molar-refractivity contribution in [1.29, 1.82) is 0 Å². The largest absolute Gasteiger partial charge is 0.550 e. The number of Topliss-reactive ketones (excluding diaryl/α,β-unsaturated/α-hetero) is 1. The van der Waals surface area contributed by atoms with Gasteiger partial charge in [0.15, 0.2) is 5.78 Å². The molecule has 4 nitrogen and oxygen atoms in total. The Labute approximate surface area is 173 Å². The van der Waals surface area contributed by atoms with Crippen molar-refractivity contribution in [2.45, 2.75) is 39.0 Å². The Bertz CT molecular complexity index is 863. The second-order valence-corrected chi connectivity index (χ2v) is 8.82. The molecule has 0 aromatic heterocycles. The molecule has 0 amide bonds. The van der Waals surface area contributed by atoms with Crippen LogP contribution in [0, 0.1) is 11.8 Å². The Morgan fingerprint density at radius 3 is 2.52 bits per heavy atom. The van der Waals surface area contributed by atoms with Crippen molar-refractivity contribution in [2.75, 3.05) is 19.6 Å². The standard InChI is InChI=1S/C25H31NO3/c1-18-16-26(17-22(24(28)29)14-20-8-5-4-6-9-20)13-12-25(18,3)23-11-7-10-21(15-23)19(2)27/h4-11,15,18,22H,12-14,16-17H2,1-3H3,(H,28,29)/t18-,22-,25?/m0/s1. The van der Waals surface area contributed by atoms with E-state index in [0.29, 0.717) is 18.9 Å². The summed E-state index contributed by atoms with van der Waals surface area (Å²) < 4.78 is 0. The molecule has 1 aliphatic rings. The normalized spacial score (nSPS) is 25.3. The number of aliphatic carboxylic acids is 1. The number of hydrogen-bond donors (Lipinski definition) is 1. The minimum absolute atomic E-state index is 0.00857. The fourth-order valence-corrected chi connectivity index (χ4v) is 4.64. The van der Waals surface area contributed by atoms with Crippen LogP contribution < -0.4 is 10.0 Å². The number of benzene rings is 2. The van der Waals surface area contributed by atoms with E-state index in [9.17, 15) is 14.7 Å². The van der Waals surface area contributed by atoms with Gasteiger partial charge in [-0.2, -0.15) is 0 Å². The molecule has 154 valence electrons. The molecule has 2 aromatic rings. The van der Waals surface area contributed by atoms with Crippen molar-refractivity contribution in [2.24, 2.45) is 11.8 Å². The third-order valence-electron chi connectivity index (χ3n) is 6.80. The van der Waals surface area contributed by atoms with Crippen molar-refractivity contribution in [1.82, 2.24) is 0 Å². The summed E-state index contributed by atoms with van der Waals surface area (Å²) in [7, 11) is 0. The maximum Gasteiger partial charge on any atom is 0.159 e. The molecule has 2 aromatic carbocycles. The summed E-state index contributed by atoms with van der Waals surface area (Å²) in [5.74, 6) is -0.974. The maximum atomic E-state index is 11.8. The topological polar surface area (TPSA) is 61.6 Å². The van der Waals surface area contributed by atoms with Gasteiger partial charge in [0.1, 0.15) is 0 Å². The van der Waals surface area contributed by atoms with Gasteiger partial charge in [0.2, 0.25) is 0 Å². The Kier molecular flexibility index (Phi) is 6.53. The van der Waals surface area contributed by atoms with Crippen molar-refractivity contribution in [3.05, 3.63) is 71.3 Å².